The third-order valence-electron chi connectivity index (χ3n) is 3.04. The van der Waals surface area contributed by atoms with Crippen molar-refractivity contribution in [1.82, 2.24) is 4.98 Å². The lowest BCUT2D eigenvalue weighted by atomic mass is 9.96. The van der Waals surface area contributed by atoms with Crippen LogP contribution in [0.1, 0.15) is 32.6 Å². The van der Waals surface area contributed by atoms with Crippen LogP contribution in [-0.2, 0) is 4.79 Å². The molecule has 1 aromatic heterocycles. The fourth-order valence-corrected chi connectivity index (χ4v) is 2.03. The Labute approximate surface area is 112 Å². The van der Waals surface area contributed by atoms with Crippen LogP contribution in [0.5, 0.6) is 0 Å². The predicted octanol–water partition coefficient (Wildman–Crippen LogP) is 2.59. The Hall–Kier alpha value is -1.88. The zero-order valence-electron chi connectivity index (χ0n) is 11.5. The Balaban J connectivity index is 2.19. The van der Waals surface area contributed by atoms with Gasteiger partial charge in [0.15, 0.2) is 11.5 Å². The van der Waals surface area contributed by atoms with Crippen LogP contribution in [0.4, 0.5) is 5.69 Å². The lowest BCUT2D eigenvalue weighted by Gasteiger charge is -2.22. The number of oxazole rings is 1. The van der Waals surface area contributed by atoms with E-state index in [0.717, 1.165) is 11.9 Å². The number of nitrogens with one attached hydrogen (secondary N) is 1. The van der Waals surface area contributed by atoms with E-state index in [1.54, 1.807) is 32.0 Å². The van der Waals surface area contributed by atoms with E-state index in [9.17, 15) is 4.79 Å². The monoisotopic (exact) mass is 261 g/mol. The van der Waals surface area contributed by atoms with E-state index >= 15 is 0 Å². The van der Waals surface area contributed by atoms with Crippen molar-refractivity contribution in [2.45, 2.75) is 39.2 Å². The molecule has 0 aliphatic carbocycles. The largest absolute Gasteiger partial charge is 0.441 e. The maximum Gasteiger partial charge on any atom is 0.244 e. The molecule has 0 aliphatic rings. The van der Waals surface area contributed by atoms with E-state index in [1.165, 1.54) is 0 Å². The normalized spacial score (nSPS) is 14.3. The molecule has 5 heteroatoms. The molecule has 0 fully saturated rings. The highest BCUT2D eigenvalue weighted by atomic mass is 16.3. The molecule has 1 heterocycles. The third-order valence-corrected chi connectivity index (χ3v) is 3.04. The van der Waals surface area contributed by atoms with Crippen molar-refractivity contribution >= 4 is 22.7 Å². The average molecular weight is 261 g/mol. The van der Waals surface area contributed by atoms with Crippen molar-refractivity contribution in [3.8, 4) is 0 Å². The molecule has 1 aromatic carbocycles. The molecule has 5 nitrogen and oxygen atoms in total. The number of hydrogen-bond acceptors (Lipinski definition) is 4. The lowest BCUT2D eigenvalue weighted by molar-refractivity contribution is -0.120. The number of nitrogens with zero attached hydrogens (tertiary/aromatic N) is 1. The van der Waals surface area contributed by atoms with Crippen molar-refractivity contribution in [3.63, 3.8) is 0 Å². The van der Waals surface area contributed by atoms with Crippen LogP contribution in [-0.4, -0.2) is 16.4 Å². The summed E-state index contributed by atoms with van der Waals surface area (Å²) in [6.45, 7) is 5.53. The zero-order chi connectivity index (χ0) is 14.0. The number of nitrogens with two attached hydrogens (primary N) is 1. The summed E-state index contributed by atoms with van der Waals surface area (Å²) in [6, 6.07) is 5.36. The number of benzene rings is 1. The second kappa shape index (κ2) is 5.01. The number of carbonyl (C=O) groups is 1. The van der Waals surface area contributed by atoms with E-state index in [-0.39, 0.29) is 5.91 Å². The third kappa shape index (κ3) is 2.93. The van der Waals surface area contributed by atoms with Gasteiger partial charge >= 0.3 is 0 Å². The average Bonchev–Trinajstić information content (AvgIpc) is 2.68. The molecule has 2 rings (SSSR count). The maximum atomic E-state index is 12.1. The van der Waals surface area contributed by atoms with Gasteiger partial charge in [-0.2, -0.15) is 0 Å². The zero-order valence-corrected chi connectivity index (χ0v) is 11.5. The van der Waals surface area contributed by atoms with Crippen LogP contribution in [0, 0.1) is 6.92 Å². The van der Waals surface area contributed by atoms with Crippen LogP contribution in [0.3, 0.4) is 0 Å². The Bertz CT molecular complexity index is 602. The highest BCUT2D eigenvalue weighted by Crippen LogP contribution is 2.21. The van der Waals surface area contributed by atoms with E-state index in [4.69, 9.17) is 10.2 Å². The molecule has 0 saturated heterocycles. The number of aromatic nitrogens is 1. The summed E-state index contributed by atoms with van der Waals surface area (Å²) in [5.74, 6) is 0.419. The summed E-state index contributed by atoms with van der Waals surface area (Å²) in [5, 5.41) is 2.82. The van der Waals surface area contributed by atoms with Gasteiger partial charge in [0.25, 0.3) is 0 Å². The molecule has 2 aromatic rings. The van der Waals surface area contributed by atoms with Crippen molar-refractivity contribution in [2.75, 3.05) is 5.32 Å². The van der Waals surface area contributed by atoms with Crippen molar-refractivity contribution in [3.05, 3.63) is 24.1 Å². The number of aryl methyl sites for hydroxylation is 1. The standard InChI is InChI=1S/C14H19N3O2/c1-4-7-14(3,15)13(18)17-10-5-6-12-11(8-10)16-9(2)19-12/h5-6,8H,4,7,15H2,1-3H3,(H,17,18). The number of rotatable bonds is 4. The summed E-state index contributed by atoms with van der Waals surface area (Å²) >= 11 is 0. The Morgan fingerprint density at radius 2 is 2.26 bits per heavy atom. The van der Waals surface area contributed by atoms with E-state index in [1.807, 2.05) is 6.92 Å². The molecule has 19 heavy (non-hydrogen) atoms. The number of hydrogen-bond donors (Lipinski definition) is 2. The van der Waals surface area contributed by atoms with E-state index in [0.29, 0.717) is 23.6 Å². The van der Waals surface area contributed by atoms with Gasteiger partial charge in [-0.25, -0.2) is 4.98 Å². The van der Waals surface area contributed by atoms with E-state index in [2.05, 4.69) is 10.3 Å². The van der Waals surface area contributed by atoms with Crippen LogP contribution >= 0.6 is 0 Å². The lowest BCUT2D eigenvalue weighted by Crippen LogP contribution is -2.48. The molecule has 1 atom stereocenters. The van der Waals surface area contributed by atoms with Gasteiger partial charge in [0, 0.05) is 12.6 Å². The molecular formula is C14H19N3O2. The van der Waals surface area contributed by atoms with Crippen LogP contribution < -0.4 is 11.1 Å². The van der Waals surface area contributed by atoms with Gasteiger partial charge < -0.3 is 15.5 Å². The van der Waals surface area contributed by atoms with Crippen LogP contribution in [0.15, 0.2) is 22.6 Å². The number of carbonyl (C=O) groups excluding carboxylic acids is 1. The second-order valence-corrected chi connectivity index (χ2v) is 5.04. The first-order valence-corrected chi connectivity index (χ1v) is 6.40. The van der Waals surface area contributed by atoms with Gasteiger partial charge in [0.05, 0.1) is 5.54 Å². The molecule has 0 spiro atoms. The van der Waals surface area contributed by atoms with Crippen molar-refractivity contribution in [2.24, 2.45) is 5.73 Å². The van der Waals surface area contributed by atoms with Gasteiger partial charge in [0.1, 0.15) is 5.52 Å². The number of amides is 1. The molecule has 0 aliphatic heterocycles. The first-order chi connectivity index (χ1) is 8.92. The first kappa shape index (κ1) is 13.5. The predicted molar refractivity (Wildman–Crippen MR) is 74.9 cm³/mol. The highest BCUT2D eigenvalue weighted by molar-refractivity contribution is 5.98. The Morgan fingerprint density at radius 3 is 2.95 bits per heavy atom. The van der Waals surface area contributed by atoms with Gasteiger partial charge in [-0.3, -0.25) is 4.79 Å². The Kier molecular flexibility index (Phi) is 3.57. The van der Waals surface area contributed by atoms with Crippen LogP contribution in [0.25, 0.3) is 11.1 Å². The topological polar surface area (TPSA) is 81.2 Å². The molecule has 0 bridgehead atoms. The summed E-state index contributed by atoms with van der Waals surface area (Å²) in [6.07, 6.45) is 1.51. The van der Waals surface area contributed by atoms with Gasteiger partial charge in [-0.05, 0) is 31.5 Å². The molecule has 0 radical (unpaired) electrons. The number of fused-ring (bicyclic) bond motifs is 1. The minimum absolute atomic E-state index is 0.186. The molecular weight excluding hydrogens is 242 g/mol. The number of anilines is 1. The smallest absolute Gasteiger partial charge is 0.244 e. The Morgan fingerprint density at radius 1 is 1.53 bits per heavy atom. The molecule has 102 valence electrons. The van der Waals surface area contributed by atoms with Crippen molar-refractivity contribution in [1.29, 1.82) is 0 Å². The van der Waals surface area contributed by atoms with E-state index < -0.39 is 5.54 Å². The maximum absolute atomic E-state index is 12.1. The second-order valence-electron chi connectivity index (χ2n) is 5.04. The fraction of sp³-hybridized carbons (Fsp3) is 0.429. The van der Waals surface area contributed by atoms with Gasteiger partial charge in [-0.1, -0.05) is 13.3 Å². The fourth-order valence-electron chi connectivity index (χ4n) is 2.03. The highest BCUT2D eigenvalue weighted by Gasteiger charge is 2.27. The molecule has 3 N–H and O–H groups in total. The minimum atomic E-state index is -0.858. The molecule has 0 saturated carbocycles. The van der Waals surface area contributed by atoms with Gasteiger partial charge in [0.2, 0.25) is 5.91 Å². The summed E-state index contributed by atoms with van der Waals surface area (Å²) in [5.41, 5.74) is 7.25. The molecule has 1 amide bonds. The quantitative estimate of drug-likeness (QED) is 0.886. The van der Waals surface area contributed by atoms with Gasteiger partial charge in [-0.15, -0.1) is 0 Å². The van der Waals surface area contributed by atoms with Crippen molar-refractivity contribution < 1.29 is 9.21 Å². The SMILES string of the molecule is CCCC(C)(N)C(=O)Nc1ccc2oc(C)nc2c1. The molecule has 1 unspecified atom stereocenters. The summed E-state index contributed by atoms with van der Waals surface area (Å²) in [7, 11) is 0. The summed E-state index contributed by atoms with van der Waals surface area (Å²) < 4.78 is 5.39. The summed E-state index contributed by atoms with van der Waals surface area (Å²) in [4.78, 5) is 16.3. The first-order valence-electron chi connectivity index (χ1n) is 6.40. The minimum Gasteiger partial charge on any atom is -0.441 e. The van der Waals surface area contributed by atoms with Crippen LogP contribution in [0.2, 0.25) is 0 Å².